The number of primary amides is 1. The number of nitrogens with one attached hydrogen (secondary N) is 1. The molecule has 0 aliphatic carbocycles. The van der Waals surface area contributed by atoms with Gasteiger partial charge in [0, 0.05) is 18.1 Å². The fourth-order valence-electron chi connectivity index (χ4n) is 2.93. The Morgan fingerprint density at radius 3 is 2.76 bits per heavy atom. The summed E-state index contributed by atoms with van der Waals surface area (Å²) in [6, 6.07) is 5.31. The van der Waals surface area contributed by atoms with Crippen molar-refractivity contribution in [3.8, 4) is 0 Å². The molecule has 0 saturated carbocycles. The van der Waals surface area contributed by atoms with Crippen molar-refractivity contribution < 1.29 is 4.79 Å². The van der Waals surface area contributed by atoms with Crippen LogP contribution in [0.15, 0.2) is 18.2 Å². The molecule has 21 heavy (non-hydrogen) atoms. The van der Waals surface area contributed by atoms with Crippen molar-refractivity contribution in [3.05, 3.63) is 28.8 Å². The first-order valence-corrected chi connectivity index (χ1v) is 8.04. The fourth-order valence-corrected chi connectivity index (χ4v) is 3.10. The van der Waals surface area contributed by atoms with Gasteiger partial charge >= 0.3 is 0 Å². The molecule has 116 valence electrons. The van der Waals surface area contributed by atoms with Crippen molar-refractivity contribution in [1.82, 2.24) is 5.32 Å². The van der Waals surface area contributed by atoms with Crippen molar-refractivity contribution in [2.45, 2.75) is 26.2 Å². The predicted octanol–water partition coefficient (Wildman–Crippen LogP) is 2.65. The maximum absolute atomic E-state index is 11.7. The van der Waals surface area contributed by atoms with Crippen molar-refractivity contribution in [1.29, 1.82) is 0 Å². The van der Waals surface area contributed by atoms with Crippen LogP contribution in [0.3, 0.4) is 0 Å². The third-order valence-corrected chi connectivity index (χ3v) is 4.23. The Balaban J connectivity index is 2.23. The number of carbonyl (C=O) groups excluding carboxylic acids is 1. The van der Waals surface area contributed by atoms with E-state index in [4.69, 9.17) is 17.3 Å². The zero-order chi connectivity index (χ0) is 15.2. The van der Waals surface area contributed by atoms with Gasteiger partial charge in [-0.2, -0.15) is 0 Å². The maximum Gasteiger partial charge on any atom is 0.250 e. The number of rotatable bonds is 6. The lowest BCUT2D eigenvalue weighted by atomic mass is 9.96. The first-order valence-electron chi connectivity index (χ1n) is 7.66. The third kappa shape index (κ3) is 4.35. The molecule has 0 bridgehead atoms. The molecular formula is C16H24ClN3O. The third-order valence-electron chi connectivity index (χ3n) is 4.00. The van der Waals surface area contributed by atoms with Gasteiger partial charge in [-0.3, -0.25) is 4.79 Å². The van der Waals surface area contributed by atoms with E-state index in [1.165, 1.54) is 12.8 Å². The van der Waals surface area contributed by atoms with E-state index >= 15 is 0 Å². The van der Waals surface area contributed by atoms with Gasteiger partial charge in [-0.1, -0.05) is 18.5 Å². The van der Waals surface area contributed by atoms with Crippen LogP contribution < -0.4 is 16.0 Å². The molecule has 0 atom stereocenters. The molecule has 3 N–H and O–H groups in total. The van der Waals surface area contributed by atoms with Crippen LogP contribution in [0.25, 0.3) is 0 Å². The van der Waals surface area contributed by atoms with Gasteiger partial charge in [0.25, 0.3) is 5.91 Å². The number of nitrogens with two attached hydrogens (primary N) is 1. The lowest BCUT2D eigenvalue weighted by Crippen LogP contribution is -2.37. The molecule has 1 aliphatic heterocycles. The number of carbonyl (C=O) groups is 1. The van der Waals surface area contributed by atoms with Gasteiger partial charge in [0.05, 0.1) is 11.3 Å². The Labute approximate surface area is 131 Å². The Kier molecular flexibility index (Phi) is 5.88. The van der Waals surface area contributed by atoms with Crippen molar-refractivity contribution in [3.63, 3.8) is 0 Å². The number of amides is 1. The minimum atomic E-state index is -0.395. The highest BCUT2D eigenvalue weighted by atomic mass is 35.5. The lowest BCUT2D eigenvalue weighted by Gasteiger charge is -2.32. The number of halogens is 1. The summed E-state index contributed by atoms with van der Waals surface area (Å²) in [5.41, 5.74) is 6.94. The lowest BCUT2D eigenvalue weighted by molar-refractivity contribution is 0.100. The SMILES string of the molecule is CCCN(CC1CCNCC1)c1cc(Cl)ccc1C(N)=O. The Bertz CT molecular complexity index is 486. The van der Waals surface area contributed by atoms with Gasteiger partial charge in [0.2, 0.25) is 0 Å². The maximum atomic E-state index is 11.7. The summed E-state index contributed by atoms with van der Waals surface area (Å²) in [5, 5.41) is 4.02. The monoisotopic (exact) mass is 309 g/mol. The minimum Gasteiger partial charge on any atom is -0.371 e. The summed E-state index contributed by atoms with van der Waals surface area (Å²) in [5.74, 6) is 0.255. The average molecular weight is 310 g/mol. The summed E-state index contributed by atoms with van der Waals surface area (Å²) < 4.78 is 0. The van der Waals surface area contributed by atoms with E-state index in [1.54, 1.807) is 12.1 Å². The summed E-state index contributed by atoms with van der Waals surface area (Å²) in [7, 11) is 0. The van der Waals surface area contributed by atoms with Gasteiger partial charge in [-0.25, -0.2) is 0 Å². The highest BCUT2D eigenvalue weighted by Gasteiger charge is 2.20. The molecular weight excluding hydrogens is 286 g/mol. The molecule has 1 fully saturated rings. The van der Waals surface area contributed by atoms with E-state index in [0.29, 0.717) is 16.5 Å². The zero-order valence-corrected chi connectivity index (χ0v) is 13.3. The molecule has 1 heterocycles. The molecule has 0 spiro atoms. The second-order valence-electron chi connectivity index (χ2n) is 5.67. The number of piperidine rings is 1. The first-order chi connectivity index (χ1) is 10.1. The molecule has 0 unspecified atom stereocenters. The van der Waals surface area contributed by atoms with Crippen LogP contribution in [0.2, 0.25) is 5.02 Å². The Morgan fingerprint density at radius 2 is 2.14 bits per heavy atom. The number of benzene rings is 1. The van der Waals surface area contributed by atoms with E-state index in [2.05, 4.69) is 17.1 Å². The van der Waals surface area contributed by atoms with Gasteiger partial charge in [-0.15, -0.1) is 0 Å². The topological polar surface area (TPSA) is 58.4 Å². The highest BCUT2D eigenvalue weighted by Crippen LogP contribution is 2.27. The molecule has 1 saturated heterocycles. The highest BCUT2D eigenvalue weighted by molar-refractivity contribution is 6.31. The molecule has 1 aromatic rings. The van der Waals surface area contributed by atoms with Crippen LogP contribution in [0.1, 0.15) is 36.5 Å². The van der Waals surface area contributed by atoms with Gasteiger partial charge in [0.15, 0.2) is 0 Å². The summed E-state index contributed by atoms with van der Waals surface area (Å²) in [4.78, 5) is 13.9. The van der Waals surface area contributed by atoms with Crippen LogP contribution in [0, 0.1) is 5.92 Å². The van der Waals surface area contributed by atoms with Crippen molar-refractivity contribution in [2.75, 3.05) is 31.1 Å². The number of hydrogen-bond donors (Lipinski definition) is 2. The summed E-state index contributed by atoms with van der Waals surface area (Å²) in [6.45, 7) is 6.15. The summed E-state index contributed by atoms with van der Waals surface area (Å²) in [6.07, 6.45) is 3.37. The molecule has 5 heteroatoms. The normalized spacial score (nSPS) is 15.9. The number of nitrogens with zero attached hydrogens (tertiary/aromatic N) is 1. The largest absolute Gasteiger partial charge is 0.371 e. The summed E-state index contributed by atoms with van der Waals surface area (Å²) >= 11 is 6.12. The second-order valence-corrected chi connectivity index (χ2v) is 6.10. The molecule has 2 rings (SSSR count). The quantitative estimate of drug-likeness (QED) is 0.849. The van der Waals surface area contributed by atoms with Crippen LogP contribution in [0.4, 0.5) is 5.69 Å². The predicted molar refractivity (Wildman–Crippen MR) is 88.1 cm³/mol. The standard InChI is InChI=1S/C16H24ClN3O/c1-2-9-20(11-12-5-7-19-8-6-12)15-10-13(17)3-4-14(15)16(18)21/h3-4,10,12,19H,2,5-9,11H2,1H3,(H2,18,21). The van der Waals surface area contributed by atoms with Crippen molar-refractivity contribution >= 4 is 23.2 Å². The zero-order valence-electron chi connectivity index (χ0n) is 12.6. The fraction of sp³-hybridized carbons (Fsp3) is 0.562. The average Bonchev–Trinajstić information content (AvgIpc) is 2.47. The molecule has 1 aromatic carbocycles. The van der Waals surface area contributed by atoms with E-state index in [9.17, 15) is 4.79 Å². The van der Waals surface area contributed by atoms with Crippen molar-refractivity contribution in [2.24, 2.45) is 11.7 Å². The number of anilines is 1. The molecule has 0 aromatic heterocycles. The van der Waals surface area contributed by atoms with Gasteiger partial charge in [-0.05, 0) is 56.5 Å². The second kappa shape index (κ2) is 7.66. The van der Waals surface area contributed by atoms with Gasteiger partial charge in [0.1, 0.15) is 0 Å². The van der Waals surface area contributed by atoms with Gasteiger partial charge < -0.3 is 16.0 Å². The first kappa shape index (κ1) is 16.1. The van der Waals surface area contributed by atoms with Crippen LogP contribution in [-0.2, 0) is 0 Å². The van der Waals surface area contributed by atoms with E-state index in [-0.39, 0.29) is 0 Å². The Morgan fingerprint density at radius 1 is 1.43 bits per heavy atom. The number of hydrogen-bond acceptors (Lipinski definition) is 3. The molecule has 1 amide bonds. The van der Waals surface area contributed by atoms with Crippen LogP contribution in [-0.4, -0.2) is 32.1 Å². The van der Waals surface area contributed by atoms with E-state index < -0.39 is 5.91 Å². The van der Waals surface area contributed by atoms with E-state index in [1.807, 2.05) is 6.07 Å². The molecule has 4 nitrogen and oxygen atoms in total. The van der Waals surface area contributed by atoms with Crippen LogP contribution in [0.5, 0.6) is 0 Å². The Hall–Kier alpha value is -1.26. The smallest absolute Gasteiger partial charge is 0.250 e. The molecule has 1 aliphatic rings. The minimum absolute atomic E-state index is 0.395. The van der Waals surface area contributed by atoms with Crippen LogP contribution >= 0.6 is 11.6 Å². The van der Waals surface area contributed by atoms with E-state index in [0.717, 1.165) is 38.3 Å². The molecule has 0 radical (unpaired) electrons.